The highest BCUT2D eigenvalue weighted by Crippen LogP contribution is 2.06. The van der Waals surface area contributed by atoms with Gasteiger partial charge in [-0.1, -0.05) is 7.43 Å². The molecule has 5 N–H and O–H groups in total. The SMILES string of the molecule is C.CC(C)(C)OC(=O)NCc1ccnnc1.CNCc1ccnnc1.CNCc1ccnnc1.NCc1ccnnc1. The summed E-state index contributed by atoms with van der Waals surface area (Å²) in [7, 11) is 3.81. The number of amides is 1. The van der Waals surface area contributed by atoms with E-state index in [2.05, 4.69) is 56.7 Å². The average Bonchev–Trinajstić information content (AvgIpc) is 2.99. The molecule has 228 valence electrons. The molecule has 0 aliphatic carbocycles. The van der Waals surface area contributed by atoms with Crippen molar-refractivity contribution in [2.45, 2.75) is 60.0 Å². The highest BCUT2D eigenvalue weighted by molar-refractivity contribution is 5.67. The Labute approximate surface area is 248 Å². The summed E-state index contributed by atoms with van der Waals surface area (Å²) in [4.78, 5) is 11.3. The van der Waals surface area contributed by atoms with Gasteiger partial charge >= 0.3 is 6.09 Å². The van der Waals surface area contributed by atoms with Crippen LogP contribution < -0.4 is 21.7 Å². The Morgan fingerprint density at radius 2 is 1.02 bits per heavy atom. The zero-order valence-electron chi connectivity index (χ0n) is 24.2. The van der Waals surface area contributed by atoms with Crippen molar-refractivity contribution in [2.24, 2.45) is 5.73 Å². The van der Waals surface area contributed by atoms with Crippen LogP contribution in [0.4, 0.5) is 4.79 Å². The third-order valence-electron chi connectivity index (χ3n) is 4.42. The summed E-state index contributed by atoms with van der Waals surface area (Å²) in [5.74, 6) is 0. The topological polar surface area (TPSA) is 192 Å². The maximum absolute atomic E-state index is 11.3. The van der Waals surface area contributed by atoms with Crippen molar-refractivity contribution in [3.8, 4) is 0 Å². The number of hydrogen-bond donors (Lipinski definition) is 4. The van der Waals surface area contributed by atoms with E-state index in [1.807, 2.05) is 53.1 Å². The van der Waals surface area contributed by atoms with Crippen LogP contribution in [0.2, 0.25) is 0 Å². The summed E-state index contributed by atoms with van der Waals surface area (Å²) in [5.41, 5.74) is 9.03. The molecule has 4 heterocycles. The molecule has 14 nitrogen and oxygen atoms in total. The number of ether oxygens (including phenoxy) is 1. The van der Waals surface area contributed by atoms with Gasteiger partial charge in [-0.05, 0) is 81.4 Å². The summed E-state index contributed by atoms with van der Waals surface area (Å²) in [6.07, 6.45) is 12.9. The van der Waals surface area contributed by atoms with E-state index in [9.17, 15) is 4.79 Å². The minimum atomic E-state index is -0.472. The molecule has 0 bridgehead atoms. The Morgan fingerprint density at radius 3 is 1.29 bits per heavy atom. The summed E-state index contributed by atoms with van der Waals surface area (Å²) in [6.45, 7) is 8.10. The van der Waals surface area contributed by atoms with Gasteiger partial charge in [0, 0.05) is 51.0 Å². The van der Waals surface area contributed by atoms with Crippen LogP contribution in [0, 0.1) is 0 Å². The Hall–Kier alpha value is -4.53. The highest BCUT2D eigenvalue weighted by Gasteiger charge is 2.15. The van der Waals surface area contributed by atoms with Gasteiger partial charge in [-0.25, -0.2) is 4.79 Å². The van der Waals surface area contributed by atoms with Gasteiger partial charge in [0.25, 0.3) is 0 Å². The number of alkyl carbamates (subject to hydrolysis) is 1. The molecule has 1 amide bonds. The lowest BCUT2D eigenvalue weighted by atomic mass is 10.2. The molecule has 0 unspecified atom stereocenters. The van der Waals surface area contributed by atoms with Crippen molar-refractivity contribution in [1.82, 2.24) is 56.7 Å². The van der Waals surface area contributed by atoms with E-state index >= 15 is 0 Å². The lowest BCUT2D eigenvalue weighted by Gasteiger charge is -2.19. The number of aromatic nitrogens is 8. The first kappa shape index (κ1) is 37.5. The quantitative estimate of drug-likeness (QED) is 0.249. The van der Waals surface area contributed by atoms with Crippen molar-refractivity contribution in [3.63, 3.8) is 0 Å². The zero-order valence-corrected chi connectivity index (χ0v) is 24.2. The fourth-order valence-electron chi connectivity index (χ4n) is 2.60. The number of hydrogen-bond acceptors (Lipinski definition) is 13. The third-order valence-corrected chi connectivity index (χ3v) is 4.42. The lowest BCUT2D eigenvalue weighted by molar-refractivity contribution is 0.0523. The minimum Gasteiger partial charge on any atom is -0.444 e. The van der Waals surface area contributed by atoms with E-state index in [-0.39, 0.29) is 7.43 Å². The number of carbonyl (C=O) groups is 1. The summed E-state index contributed by atoms with van der Waals surface area (Å²) in [5, 5.41) is 37.9. The monoisotopic (exact) mass is 580 g/mol. The molecule has 0 aliphatic heterocycles. The van der Waals surface area contributed by atoms with Gasteiger partial charge in [0.1, 0.15) is 5.60 Å². The summed E-state index contributed by atoms with van der Waals surface area (Å²) >= 11 is 0. The van der Waals surface area contributed by atoms with Gasteiger partial charge in [-0.15, -0.1) is 0 Å². The zero-order chi connectivity index (χ0) is 30.2. The Balaban J connectivity index is 0.000000548. The van der Waals surface area contributed by atoms with E-state index in [1.54, 1.807) is 55.6 Å². The van der Waals surface area contributed by atoms with Crippen LogP contribution in [0.25, 0.3) is 0 Å². The molecule has 0 atom stereocenters. The van der Waals surface area contributed by atoms with Gasteiger partial charge in [-0.2, -0.15) is 40.8 Å². The van der Waals surface area contributed by atoms with Crippen molar-refractivity contribution < 1.29 is 9.53 Å². The van der Waals surface area contributed by atoms with E-state index in [1.165, 1.54) is 0 Å². The van der Waals surface area contributed by atoms with E-state index in [0.717, 1.165) is 35.3 Å². The molecule has 4 aromatic heterocycles. The van der Waals surface area contributed by atoms with Gasteiger partial charge in [-0.3, -0.25) is 0 Å². The van der Waals surface area contributed by atoms with Crippen LogP contribution >= 0.6 is 0 Å². The number of nitrogens with zero attached hydrogens (tertiary/aromatic N) is 8. The normalized spacial score (nSPS) is 9.67. The smallest absolute Gasteiger partial charge is 0.407 e. The van der Waals surface area contributed by atoms with Crippen LogP contribution in [0.15, 0.2) is 73.8 Å². The van der Waals surface area contributed by atoms with Crippen LogP contribution in [0.3, 0.4) is 0 Å². The first-order chi connectivity index (χ1) is 19.8. The molecule has 0 fully saturated rings. The van der Waals surface area contributed by atoms with Crippen LogP contribution in [-0.4, -0.2) is 66.6 Å². The molecule has 14 heteroatoms. The molecule has 0 spiro atoms. The largest absolute Gasteiger partial charge is 0.444 e. The lowest BCUT2D eigenvalue weighted by Crippen LogP contribution is -2.32. The minimum absolute atomic E-state index is 0. The van der Waals surface area contributed by atoms with Crippen LogP contribution in [0.1, 0.15) is 50.5 Å². The molecule has 0 saturated carbocycles. The second kappa shape index (κ2) is 23.2. The predicted molar refractivity (Wildman–Crippen MR) is 161 cm³/mol. The third kappa shape index (κ3) is 20.4. The van der Waals surface area contributed by atoms with Gasteiger partial charge in [0.05, 0.1) is 24.8 Å². The Bertz CT molecular complexity index is 1130. The molecule has 4 aromatic rings. The van der Waals surface area contributed by atoms with E-state index < -0.39 is 11.7 Å². The molecule has 0 saturated heterocycles. The molecular formula is C28H44N12O2. The number of nitrogens with one attached hydrogen (secondary N) is 3. The van der Waals surface area contributed by atoms with Crippen molar-refractivity contribution >= 4 is 6.09 Å². The highest BCUT2D eigenvalue weighted by atomic mass is 16.6. The number of rotatable bonds is 7. The molecule has 42 heavy (non-hydrogen) atoms. The van der Waals surface area contributed by atoms with Gasteiger partial charge in [0.2, 0.25) is 0 Å². The average molecular weight is 581 g/mol. The van der Waals surface area contributed by atoms with Gasteiger partial charge in [0.15, 0.2) is 0 Å². The maximum Gasteiger partial charge on any atom is 0.407 e. The van der Waals surface area contributed by atoms with Crippen LogP contribution in [-0.2, 0) is 30.9 Å². The summed E-state index contributed by atoms with van der Waals surface area (Å²) in [6, 6.07) is 7.49. The Morgan fingerprint density at radius 1 is 0.667 bits per heavy atom. The van der Waals surface area contributed by atoms with Crippen molar-refractivity contribution in [3.05, 3.63) is 96.1 Å². The second-order valence-corrected chi connectivity index (χ2v) is 9.12. The molecule has 4 rings (SSSR count). The fraction of sp³-hybridized carbons (Fsp3) is 0.393. The summed E-state index contributed by atoms with van der Waals surface area (Å²) < 4.78 is 5.07. The fourth-order valence-corrected chi connectivity index (χ4v) is 2.60. The first-order valence-corrected chi connectivity index (χ1v) is 12.8. The van der Waals surface area contributed by atoms with E-state index in [0.29, 0.717) is 13.1 Å². The standard InChI is InChI=1S/C10H15N3O2.2C6H9N3.C5H7N3.CH4/c1-10(2,3)15-9(14)11-6-8-4-5-12-13-7-8;2*1-7-4-6-2-3-8-9-5-6;6-3-5-1-2-7-8-4-5;/h4-5,7H,6H2,1-3H3,(H,11,14);2*2-3,5,7H,4H2,1H3;1-2,4H,3,6H2;1H4. The number of carbonyl (C=O) groups excluding carboxylic acids is 1. The van der Waals surface area contributed by atoms with Crippen molar-refractivity contribution in [1.29, 1.82) is 0 Å². The molecule has 0 aliphatic rings. The van der Waals surface area contributed by atoms with Crippen LogP contribution in [0.5, 0.6) is 0 Å². The Kier molecular flexibility index (Phi) is 20.7. The van der Waals surface area contributed by atoms with E-state index in [4.69, 9.17) is 10.5 Å². The number of nitrogens with two attached hydrogens (primary N) is 1. The first-order valence-electron chi connectivity index (χ1n) is 12.8. The molecule has 0 radical (unpaired) electrons. The van der Waals surface area contributed by atoms with Gasteiger partial charge < -0.3 is 26.4 Å². The molecule has 0 aromatic carbocycles. The maximum atomic E-state index is 11.3. The van der Waals surface area contributed by atoms with Crippen molar-refractivity contribution in [2.75, 3.05) is 14.1 Å². The second-order valence-electron chi connectivity index (χ2n) is 9.12. The predicted octanol–water partition coefficient (Wildman–Crippen LogP) is 2.46. The molecular weight excluding hydrogens is 536 g/mol.